The number of hydrogen-bond acceptors (Lipinski definition) is 2. The fourth-order valence-corrected chi connectivity index (χ4v) is 3.81. The Morgan fingerprint density at radius 1 is 1.36 bits per heavy atom. The van der Waals surface area contributed by atoms with Gasteiger partial charge in [-0.2, -0.15) is 0 Å². The molecule has 0 unspecified atom stereocenters. The lowest BCUT2D eigenvalue weighted by Gasteiger charge is -2.31. The van der Waals surface area contributed by atoms with Crippen molar-refractivity contribution in [3.05, 3.63) is 0 Å². The van der Waals surface area contributed by atoms with E-state index in [0.29, 0.717) is 19.0 Å². The number of rotatable bonds is 3. The summed E-state index contributed by atoms with van der Waals surface area (Å²) in [5.74, 6) is 0.717. The van der Waals surface area contributed by atoms with Crippen LogP contribution in [0.15, 0.2) is 0 Å². The van der Waals surface area contributed by atoms with Crippen molar-refractivity contribution in [3.63, 3.8) is 0 Å². The minimum absolute atomic E-state index is 0.279. The van der Waals surface area contributed by atoms with E-state index in [9.17, 15) is 8.42 Å². The van der Waals surface area contributed by atoms with E-state index in [1.807, 2.05) is 0 Å². The van der Waals surface area contributed by atoms with Gasteiger partial charge in [0.05, 0.1) is 5.25 Å². The zero-order valence-electron chi connectivity index (χ0n) is 8.74. The molecule has 1 aliphatic heterocycles. The molecule has 1 fully saturated rings. The average molecular weight is 331 g/mol. The Hall–Kier alpha value is 0.640. The summed E-state index contributed by atoms with van der Waals surface area (Å²) in [7, 11) is -3.00. The normalized spacial score (nSPS) is 21.7. The standard InChI is InChI=1S/C9H18INO2S/c1-8(2)14(12,13)11-5-3-9(7-10)4-6-11/h8-9H,3-7H2,1-2H3. The molecular formula is C9H18INO2S. The smallest absolute Gasteiger partial charge is 0.212 e. The quantitative estimate of drug-likeness (QED) is 0.585. The van der Waals surface area contributed by atoms with Crippen LogP contribution in [0.25, 0.3) is 0 Å². The lowest BCUT2D eigenvalue weighted by Crippen LogP contribution is -2.42. The van der Waals surface area contributed by atoms with Crippen molar-refractivity contribution in [2.75, 3.05) is 17.5 Å². The maximum Gasteiger partial charge on any atom is 0.216 e. The summed E-state index contributed by atoms with van der Waals surface area (Å²) in [5, 5.41) is -0.279. The van der Waals surface area contributed by atoms with Crippen molar-refractivity contribution >= 4 is 32.6 Å². The van der Waals surface area contributed by atoms with E-state index in [1.54, 1.807) is 18.2 Å². The molecule has 84 valence electrons. The molecule has 0 amide bonds. The van der Waals surface area contributed by atoms with Crippen LogP contribution in [0, 0.1) is 5.92 Å². The Morgan fingerprint density at radius 3 is 2.21 bits per heavy atom. The number of nitrogens with zero attached hydrogens (tertiary/aromatic N) is 1. The van der Waals surface area contributed by atoms with Crippen molar-refractivity contribution in [1.82, 2.24) is 4.31 Å². The molecule has 1 saturated heterocycles. The number of halogens is 1. The zero-order valence-corrected chi connectivity index (χ0v) is 11.7. The molecule has 14 heavy (non-hydrogen) atoms. The molecule has 0 aromatic carbocycles. The van der Waals surface area contributed by atoms with E-state index in [1.165, 1.54) is 0 Å². The first-order chi connectivity index (χ1) is 6.48. The number of piperidine rings is 1. The molecule has 0 spiro atoms. The third-order valence-electron chi connectivity index (χ3n) is 2.75. The van der Waals surface area contributed by atoms with Crippen LogP contribution < -0.4 is 0 Å². The van der Waals surface area contributed by atoms with Gasteiger partial charge in [0, 0.05) is 17.5 Å². The highest BCUT2D eigenvalue weighted by Gasteiger charge is 2.29. The number of alkyl halides is 1. The lowest BCUT2D eigenvalue weighted by molar-refractivity contribution is 0.291. The van der Waals surface area contributed by atoms with Gasteiger partial charge in [0.15, 0.2) is 0 Å². The van der Waals surface area contributed by atoms with E-state index in [-0.39, 0.29) is 5.25 Å². The van der Waals surface area contributed by atoms with Crippen LogP contribution in [0.4, 0.5) is 0 Å². The van der Waals surface area contributed by atoms with Gasteiger partial charge in [-0.05, 0) is 32.6 Å². The topological polar surface area (TPSA) is 37.4 Å². The van der Waals surface area contributed by atoms with Crippen LogP contribution in [-0.4, -0.2) is 35.5 Å². The molecule has 0 N–H and O–H groups in total. The zero-order chi connectivity index (χ0) is 10.8. The monoisotopic (exact) mass is 331 g/mol. The van der Waals surface area contributed by atoms with Gasteiger partial charge in [-0.3, -0.25) is 0 Å². The lowest BCUT2D eigenvalue weighted by atomic mass is 10.0. The maximum absolute atomic E-state index is 11.8. The molecule has 0 aromatic heterocycles. The molecule has 0 aliphatic carbocycles. The highest BCUT2D eigenvalue weighted by atomic mass is 127. The Balaban J connectivity index is 2.58. The minimum atomic E-state index is -3.00. The molecule has 0 aromatic rings. The van der Waals surface area contributed by atoms with Gasteiger partial charge in [0.2, 0.25) is 10.0 Å². The average Bonchev–Trinajstić information content (AvgIpc) is 2.17. The van der Waals surface area contributed by atoms with Crippen LogP contribution in [-0.2, 0) is 10.0 Å². The van der Waals surface area contributed by atoms with Crippen molar-refractivity contribution < 1.29 is 8.42 Å². The highest BCUT2D eigenvalue weighted by Crippen LogP contribution is 2.22. The number of sulfonamides is 1. The molecule has 3 nitrogen and oxygen atoms in total. The first-order valence-corrected chi connectivity index (χ1v) is 8.06. The second kappa shape index (κ2) is 5.12. The molecule has 0 bridgehead atoms. The molecule has 1 aliphatic rings. The second-order valence-corrected chi connectivity index (χ2v) is 7.46. The largest absolute Gasteiger partial charge is 0.216 e. The minimum Gasteiger partial charge on any atom is -0.212 e. The van der Waals surface area contributed by atoms with Crippen LogP contribution in [0.3, 0.4) is 0 Å². The summed E-state index contributed by atoms with van der Waals surface area (Å²) in [5.41, 5.74) is 0. The first-order valence-electron chi connectivity index (χ1n) is 5.03. The molecule has 1 heterocycles. The Kier molecular flexibility index (Phi) is 4.64. The van der Waals surface area contributed by atoms with Gasteiger partial charge in [-0.15, -0.1) is 0 Å². The summed E-state index contributed by atoms with van der Waals surface area (Å²) >= 11 is 2.38. The van der Waals surface area contributed by atoms with E-state index in [4.69, 9.17) is 0 Å². The van der Waals surface area contributed by atoms with Gasteiger partial charge >= 0.3 is 0 Å². The van der Waals surface area contributed by atoms with E-state index >= 15 is 0 Å². The predicted octanol–water partition coefficient (Wildman–Crippen LogP) is 1.87. The molecule has 0 radical (unpaired) electrons. The van der Waals surface area contributed by atoms with E-state index in [2.05, 4.69) is 22.6 Å². The Bertz CT molecular complexity index is 269. The van der Waals surface area contributed by atoms with Gasteiger partial charge in [0.1, 0.15) is 0 Å². The maximum atomic E-state index is 11.8. The van der Waals surface area contributed by atoms with Crippen LogP contribution in [0.5, 0.6) is 0 Å². The molecule has 0 atom stereocenters. The summed E-state index contributed by atoms with van der Waals surface area (Å²) in [6.07, 6.45) is 2.05. The second-order valence-electron chi connectivity index (χ2n) is 4.09. The van der Waals surface area contributed by atoms with Crippen LogP contribution in [0.2, 0.25) is 0 Å². The summed E-state index contributed by atoms with van der Waals surface area (Å²) in [4.78, 5) is 0. The highest BCUT2D eigenvalue weighted by molar-refractivity contribution is 14.1. The summed E-state index contributed by atoms with van der Waals surface area (Å²) in [6, 6.07) is 0. The molecular weight excluding hydrogens is 313 g/mol. The van der Waals surface area contributed by atoms with Gasteiger partial charge < -0.3 is 0 Å². The van der Waals surface area contributed by atoms with Gasteiger partial charge in [-0.25, -0.2) is 12.7 Å². The first kappa shape index (κ1) is 12.7. The van der Waals surface area contributed by atoms with E-state index in [0.717, 1.165) is 17.3 Å². The van der Waals surface area contributed by atoms with Gasteiger partial charge in [0.25, 0.3) is 0 Å². The van der Waals surface area contributed by atoms with Crippen LogP contribution >= 0.6 is 22.6 Å². The molecule has 5 heteroatoms. The third-order valence-corrected chi connectivity index (χ3v) is 6.27. The summed E-state index contributed by atoms with van der Waals surface area (Å²) < 4.78 is 26.4. The fourth-order valence-electron chi connectivity index (χ4n) is 1.62. The van der Waals surface area contributed by atoms with Crippen molar-refractivity contribution in [2.45, 2.75) is 31.9 Å². The van der Waals surface area contributed by atoms with Crippen molar-refractivity contribution in [1.29, 1.82) is 0 Å². The fraction of sp³-hybridized carbons (Fsp3) is 1.00. The number of hydrogen-bond donors (Lipinski definition) is 0. The summed E-state index contributed by atoms with van der Waals surface area (Å²) in [6.45, 7) is 4.93. The van der Waals surface area contributed by atoms with Crippen molar-refractivity contribution in [2.24, 2.45) is 5.92 Å². The third kappa shape index (κ3) is 2.82. The van der Waals surface area contributed by atoms with E-state index < -0.39 is 10.0 Å². The van der Waals surface area contributed by atoms with Crippen LogP contribution in [0.1, 0.15) is 26.7 Å². The predicted molar refractivity (Wildman–Crippen MR) is 67.2 cm³/mol. The van der Waals surface area contributed by atoms with Crippen molar-refractivity contribution in [3.8, 4) is 0 Å². The van der Waals surface area contributed by atoms with Gasteiger partial charge in [-0.1, -0.05) is 22.6 Å². The molecule has 0 saturated carbocycles. The Labute approximate surface area is 100 Å². The molecule has 1 rings (SSSR count). The Morgan fingerprint density at radius 2 is 1.86 bits per heavy atom. The SMILES string of the molecule is CC(C)S(=O)(=O)N1CCC(CI)CC1.